The standard InChI is InChI=1S/C16H23NO4.C14H20F2N2O/c1-12(9-15(21-4)13(2)20-3)7-8-17-10-14(11-18)5-6-16(17)19;1-17-13(14(19)12-3-2-4-18-12)7-9-5-10(15)8-11(16)6-9/h9,11,14H,1-2,5-8,10H2,3-4H3;5-6,8,12-14,17-19H,2-4,7H2,1H3/b15-9+;. The Hall–Kier alpha value is -3.08. The van der Waals surface area contributed by atoms with E-state index in [9.17, 15) is 23.5 Å². The summed E-state index contributed by atoms with van der Waals surface area (Å²) < 4.78 is 36.5. The molecule has 3 rings (SSSR count). The first-order valence-electron chi connectivity index (χ1n) is 13.5. The molecule has 0 bridgehead atoms. The van der Waals surface area contributed by atoms with Gasteiger partial charge in [-0.3, -0.25) is 4.79 Å². The topological polar surface area (TPSA) is 100 Å². The second-order valence-corrected chi connectivity index (χ2v) is 10.1. The molecular formula is C30H43F2N3O5. The van der Waals surface area contributed by atoms with Crippen LogP contribution in [-0.2, 0) is 25.5 Å². The third-order valence-electron chi connectivity index (χ3n) is 7.18. The minimum atomic E-state index is -0.585. The highest BCUT2D eigenvalue weighted by Crippen LogP contribution is 2.19. The van der Waals surface area contributed by atoms with Crippen LogP contribution in [0, 0.1) is 17.6 Å². The molecular weight excluding hydrogens is 520 g/mol. The van der Waals surface area contributed by atoms with Crippen LogP contribution in [0.5, 0.6) is 0 Å². The van der Waals surface area contributed by atoms with E-state index in [-0.39, 0.29) is 23.9 Å². The molecule has 2 saturated heterocycles. The Labute approximate surface area is 236 Å². The van der Waals surface area contributed by atoms with Crippen molar-refractivity contribution >= 4 is 12.2 Å². The number of likely N-dealkylation sites (N-methyl/N-ethyl adjacent to an activating group) is 1. The number of hydrogen-bond acceptors (Lipinski definition) is 7. The van der Waals surface area contributed by atoms with Crippen molar-refractivity contribution in [1.82, 2.24) is 15.5 Å². The molecule has 0 radical (unpaired) electrons. The maximum absolute atomic E-state index is 13.1. The molecule has 1 aromatic carbocycles. The van der Waals surface area contributed by atoms with E-state index in [2.05, 4.69) is 23.8 Å². The van der Waals surface area contributed by atoms with E-state index in [1.807, 2.05) is 0 Å². The van der Waals surface area contributed by atoms with E-state index in [0.717, 1.165) is 37.3 Å². The second-order valence-electron chi connectivity index (χ2n) is 10.1. The third-order valence-corrected chi connectivity index (χ3v) is 7.18. The number of nitrogens with zero attached hydrogens (tertiary/aromatic N) is 1. The van der Waals surface area contributed by atoms with E-state index in [1.54, 1.807) is 18.0 Å². The molecule has 10 heteroatoms. The number of aliphatic hydroxyl groups is 1. The maximum Gasteiger partial charge on any atom is 0.222 e. The largest absolute Gasteiger partial charge is 0.494 e. The number of likely N-dealkylation sites (tertiary alicyclic amines) is 1. The van der Waals surface area contributed by atoms with Crippen molar-refractivity contribution in [3.63, 3.8) is 0 Å². The van der Waals surface area contributed by atoms with Crippen LogP contribution in [0.4, 0.5) is 8.78 Å². The monoisotopic (exact) mass is 563 g/mol. The smallest absolute Gasteiger partial charge is 0.222 e. The summed E-state index contributed by atoms with van der Waals surface area (Å²) in [5.41, 5.74) is 1.36. The van der Waals surface area contributed by atoms with Gasteiger partial charge in [-0.25, -0.2) is 8.78 Å². The molecule has 1 aromatic rings. The fourth-order valence-corrected chi connectivity index (χ4v) is 4.82. The highest BCUT2D eigenvalue weighted by Gasteiger charge is 2.29. The summed E-state index contributed by atoms with van der Waals surface area (Å²) in [5.74, 6) is -0.184. The number of carbonyl (C=O) groups excluding carboxylic acids is 2. The average Bonchev–Trinajstić information content (AvgIpc) is 3.48. The van der Waals surface area contributed by atoms with Crippen LogP contribution in [0.1, 0.15) is 37.7 Å². The van der Waals surface area contributed by atoms with Gasteiger partial charge in [0.1, 0.15) is 17.9 Å². The lowest BCUT2D eigenvalue weighted by Gasteiger charge is -2.30. The molecule has 4 atom stereocenters. The number of benzene rings is 1. The number of carbonyl (C=O) groups is 2. The minimum Gasteiger partial charge on any atom is -0.494 e. The second kappa shape index (κ2) is 16.9. The number of amides is 1. The van der Waals surface area contributed by atoms with E-state index in [4.69, 9.17) is 9.47 Å². The van der Waals surface area contributed by atoms with Gasteiger partial charge in [-0.1, -0.05) is 13.2 Å². The van der Waals surface area contributed by atoms with Crippen LogP contribution >= 0.6 is 0 Å². The van der Waals surface area contributed by atoms with Crippen molar-refractivity contribution in [1.29, 1.82) is 0 Å². The fourth-order valence-electron chi connectivity index (χ4n) is 4.82. The number of nitrogens with one attached hydrogen (secondary N) is 2. The van der Waals surface area contributed by atoms with Crippen molar-refractivity contribution < 1.29 is 33.0 Å². The summed E-state index contributed by atoms with van der Waals surface area (Å²) in [5, 5.41) is 16.6. The zero-order valence-electron chi connectivity index (χ0n) is 23.8. The minimum absolute atomic E-state index is 0.0469. The number of aldehydes is 1. The molecule has 0 spiro atoms. The highest BCUT2D eigenvalue weighted by molar-refractivity contribution is 5.78. The van der Waals surface area contributed by atoms with E-state index >= 15 is 0 Å². The van der Waals surface area contributed by atoms with Crippen LogP contribution in [0.3, 0.4) is 0 Å². The average molecular weight is 564 g/mol. The van der Waals surface area contributed by atoms with Gasteiger partial charge < -0.3 is 34.9 Å². The van der Waals surface area contributed by atoms with Gasteiger partial charge in [0, 0.05) is 43.6 Å². The number of ether oxygens (including phenoxy) is 2. The van der Waals surface area contributed by atoms with Gasteiger partial charge in [0.2, 0.25) is 5.91 Å². The summed E-state index contributed by atoms with van der Waals surface area (Å²) in [7, 11) is 4.80. The number of rotatable bonds is 13. The van der Waals surface area contributed by atoms with Crippen LogP contribution in [0.25, 0.3) is 0 Å². The lowest BCUT2D eigenvalue weighted by molar-refractivity contribution is -0.135. The molecule has 2 aliphatic rings. The Morgan fingerprint density at radius 1 is 1.23 bits per heavy atom. The predicted molar refractivity (Wildman–Crippen MR) is 150 cm³/mol. The van der Waals surface area contributed by atoms with Crippen molar-refractivity contribution in [3.05, 3.63) is 71.7 Å². The SMILES string of the molecule is C=C(/C=C(/OC)C(=C)OC)CCN1CC(C=O)CCC1=O.CNC(Cc1cc(F)cc(F)c1)C(O)C1CCCN1. The van der Waals surface area contributed by atoms with Crippen LogP contribution in [-0.4, -0.2) is 81.3 Å². The zero-order chi connectivity index (χ0) is 29.7. The third kappa shape index (κ3) is 10.5. The Bertz CT molecular complexity index is 1020. The summed E-state index contributed by atoms with van der Waals surface area (Å²) in [4.78, 5) is 24.4. The molecule has 2 heterocycles. The fraction of sp³-hybridized carbons (Fsp3) is 0.533. The maximum atomic E-state index is 13.1. The Kier molecular flexibility index (Phi) is 14.0. The van der Waals surface area contributed by atoms with E-state index in [0.29, 0.717) is 55.9 Å². The van der Waals surface area contributed by atoms with Gasteiger partial charge in [-0.15, -0.1) is 0 Å². The number of piperidine rings is 1. The molecule has 40 heavy (non-hydrogen) atoms. The molecule has 8 nitrogen and oxygen atoms in total. The molecule has 0 aliphatic carbocycles. The normalized spacial score (nSPS) is 20.7. The van der Waals surface area contributed by atoms with Crippen LogP contribution in [0.2, 0.25) is 0 Å². The Balaban J connectivity index is 0.000000281. The van der Waals surface area contributed by atoms with Gasteiger partial charge in [0.05, 0.1) is 20.3 Å². The predicted octanol–water partition coefficient (Wildman–Crippen LogP) is 3.27. The highest BCUT2D eigenvalue weighted by atomic mass is 19.1. The van der Waals surface area contributed by atoms with E-state index in [1.165, 1.54) is 26.4 Å². The van der Waals surface area contributed by atoms with Gasteiger partial charge in [-0.2, -0.15) is 0 Å². The Morgan fingerprint density at radius 3 is 2.48 bits per heavy atom. The number of methoxy groups -OCH3 is 2. The van der Waals surface area contributed by atoms with Crippen molar-refractivity contribution in [2.24, 2.45) is 5.92 Å². The molecule has 2 aliphatic heterocycles. The van der Waals surface area contributed by atoms with Gasteiger partial charge in [-0.05, 0) is 75.0 Å². The number of hydrogen-bond donors (Lipinski definition) is 3. The molecule has 0 saturated carbocycles. The molecule has 222 valence electrons. The number of allylic oxidation sites excluding steroid dienone is 1. The summed E-state index contributed by atoms with van der Waals surface area (Å²) in [6.45, 7) is 9.63. The van der Waals surface area contributed by atoms with Crippen LogP contribution in [0.15, 0.2) is 54.5 Å². The first kappa shape index (κ1) is 33.1. The number of halogens is 2. The molecule has 4 unspecified atom stereocenters. The molecule has 1 amide bonds. The first-order valence-corrected chi connectivity index (χ1v) is 13.5. The zero-order valence-corrected chi connectivity index (χ0v) is 23.8. The molecule has 3 N–H and O–H groups in total. The Morgan fingerprint density at radius 2 is 1.93 bits per heavy atom. The molecule has 2 fully saturated rings. The van der Waals surface area contributed by atoms with E-state index < -0.39 is 17.7 Å². The van der Waals surface area contributed by atoms with Crippen molar-refractivity contribution in [3.8, 4) is 0 Å². The quantitative estimate of drug-likeness (QED) is 0.193. The van der Waals surface area contributed by atoms with Crippen LogP contribution < -0.4 is 10.6 Å². The van der Waals surface area contributed by atoms with Gasteiger partial charge in [0.15, 0.2) is 11.5 Å². The summed E-state index contributed by atoms with van der Waals surface area (Å²) in [6, 6.07) is 3.30. The van der Waals surface area contributed by atoms with Gasteiger partial charge >= 0.3 is 0 Å². The summed E-state index contributed by atoms with van der Waals surface area (Å²) in [6.07, 6.45) is 6.18. The molecule has 0 aromatic heterocycles. The van der Waals surface area contributed by atoms with Crippen molar-refractivity contribution in [2.45, 2.75) is 56.7 Å². The summed E-state index contributed by atoms with van der Waals surface area (Å²) >= 11 is 0. The van der Waals surface area contributed by atoms with Crippen molar-refractivity contribution in [2.75, 3.05) is 40.9 Å². The lowest BCUT2D eigenvalue weighted by atomic mass is 9.95. The number of aliphatic hydroxyl groups excluding tert-OH is 1. The van der Waals surface area contributed by atoms with Gasteiger partial charge in [0.25, 0.3) is 0 Å². The first-order chi connectivity index (χ1) is 19.1. The lowest BCUT2D eigenvalue weighted by Crippen LogP contribution is -2.49.